The van der Waals surface area contributed by atoms with E-state index in [-0.39, 0.29) is 24.7 Å². The number of rotatable bonds is 8. The monoisotopic (exact) mass is 399 g/mol. The Morgan fingerprint density at radius 3 is 2.54 bits per heavy atom. The van der Waals surface area contributed by atoms with E-state index in [2.05, 4.69) is 10.6 Å². The molecule has 1 aliphatic heterocycles. The number of halogens is 1. The zero-order chi connectivity index (χ0) is 19.9. The number of nitrogens with zero attached hydrogens (tertiary/aromatic N) is 1. The van der Waals surface area contributed by atoms with Crippen molar-refractivity contribution in [3.8, 4) is 0 Å². The van der Waals surface area contributed by atoms with Crippen LogP contribution in [0.2, 0.25) is 5.02 Å². The van der Waals surface area contributed by atoms with E-state index < -0.39 is 12.1 Å². The number of hydrogen-bond donors (Lipinski definition) is 2. The van der Waals surface area contributed by atoms with Gasteiger partial charge in [-0.25, -0.2) is 4.79 Å². The van der Waals surface area contributed by atoms with Gasteiger partial charge in [0.15, 0.2) is 0 Å². The van der Waals surface area contributed by atoms with Crippen molar-refractivity contribution in [1.82, 2.24) is 15.5 Å². The van der Waals surface area contributed by atoms with Gasteiger partial charge in [0, 0.05) is 24.5 Å². The van der Waals surface area contributed by atoms with E-state index in [1.807, 2.05) is 48.5 Å². The summed E-state index contributed by atoms with van der Waals surface area (Å²) in [4.78, 5) is 37.8. The number of carbonyl (C=O) groups is 3. The van der Waals surface area contributed by atoms with Gasteiger partial charge in [-0.1, -0.05) is 60.1 Å². The molecule has 0 aliphatic carbocycles. The van der Waals surface area contributed by atoms with Crippen LogP contribution in [0.4, 0.5) is 4.79 Å². The molecule has 3 rings (SSSR count). The van der Waals surface area contributed by atoms with Gasteiger partial charge in [0.25, 0.3) is 5.91 Å². The topological polar surface area (TPSA) is 78.5 Å². The number of hydrogen-bond acceptors (Lipinski definition) is 3. The molecule has 2 aromatic carbocycles. The molecular formula is C21H22ClN3O3. The van der Waals surface area contributed by atoms with Gasteiger partial charge < -0.3 is 10.6 Å². The van der Waals surface area contributed by atoms with Gasteiger partial charge in [-0.2, -0.15) is 0 Å². The zero-order valence-electron chi connectivity index (χ0n) is 15.4. The fourth-order valence-corrected chi connectivity index (χ4v) is 3.27. The minimum atomic E-state index is -0.658. The smallest absolute Gasteiger partial charge is 0.324 e. The van der Waals surface area contributed by atoms with Crippen LogP contribution in [-0.4, -0.2) is 35.3 Å². The van der Waals surface area contributed by atoms with Gasteiger partial charge in [-0.05, 0) is 30.0 Å². The average Bonchev–Trinajstić information content (AvgIpc) is 2.98. The molecule has 0 unspecified atom stereocenters. The first-order valence-corrected chi connectivity index (χ1v) is 9.58. The fraction of sp³-hybridized carbons (Fsp3) is 0.286. The summed E-state index contributed by atoms with van der Waals surface area (Å²) < 4.78 is 0. The molecule has 4 amide bonds. The lowest BCUT2D eigenvalue weighted by atomic mass is 10.1. The van der Waals surface area contributed by atoms with Gasteiger partial charge >= 0.3 is 6.03 Å². The molecule has 0 bridgehead atoms. The van der Waals surface area contributed by atoms with Gasteiger partial charge in [-0.3, -0.25) is 14.5 Å². The molecule has 1 saturated heterocycles. The van der Waals surface area contributed by atoms with Crippen molar-refractivity contribution >= 4 is 29.4 Å². The van der Waals surface area contributed by atoms with Crippen molar-refractivity contribution in [3.63, 3.8) is 0 Å². The summed E-state index contributed by atoms with van der Waals surface area (Å²) in [6.45, 7) is 0.649. The number of nitrogens with one attached hydrogen (secondary N) is 2. The summed E-state index contributed by atoms with van der Waals surface area (Å²) in [5, 5.41) is 6.04. The Morgan fingerprint density at radius 1 is 1.07 bits per heavy atom. The molecular weight excluding hydrogens is 378 g/mol. The molecule has 0 spiro atoms. The molecule has 1 heterocycles. The first kappa shape index (κ1) is 19.9. The summed E-state index contributed by atoms with van der Waals surface area (Å²) >= 11 is 6.06. The number of amides is 4. The normalized spacial score (nSPS) is 16.2. The van der Waals surface area contributed by atoms with Crippen LogP contribution in [0.3, 0.4) is 0 Å². The second kappa shape index (κ2) is 9.37. The predicted octanol–water partition coefficient (Wildman–Crippen LogP) is 2.90. The van der Waals surface area contributed by atoms with Gasteiger partial charge in [-0.15, -0.1) is 0 Å². The third-order valence-electron chi connectivity index (χ3n) is 4.67. The van der Waals surface area contributed by atoms with E-state index in [1.54, 1.807) is 6.07 Å². The number of carbonyl (C=O) groups excluding carboxylic acids is 3. The SMILES string of the molecule is O=C(CC[C@H]1NC(=O)N(CCc2ccccc2)C1=O)NCc1ccccc1Cl. The van der Waals surface area contributed by atoms with E-state index in [9.17, 15) is 14.4 Å². The van der Waals surface area contributed by atoms with Crippen LogP contribution >= 0.6 is 11.6 Å². The summed E-state index contributed by atoms with van der Waals surface area (Å²) in [5.41, 5.74) is 1.89. The standard InChI is InChI=1S/C21H22ClN3O3/c22-17-9-5-4-8-16(17)14-23-19(26)11-10-18-20(27)25(21(28)24-18)13-12-15-6-2-1-3-7-15/h1-9,18H,10-14H2,(H,23,26)(H,24,28)/t18-/m1/s1. The molecule has 28 heavy (non-hydrogen) atoms. The summed E-state index contributed by atoms with van der Waals surface area (Å²) in [6, 6.07) is 15.9. The maximum Gasteiger partial charge on any atom is 0.324 e. The van der Waals surface area contributed by atoms with Crippen molar-refractivity contribution in [3.05, 3.63) is 70.7 Å². The molecule has 1 fully saturated rings. The Hall–Kier alpha value is -2.86. The van der Waals surface area contributed by atoms with Crippen LogP contribution < -0.4 is 10.6 Å². The highest BCUT2D eigenvalue weighted by molar-refractivity contribution is 6.31. The Kier molecular flexibility index (Phi) is 6.66. The van der Waals surface area contributed by atoms with E-state index in [0.29, 0.717) is 24.5 Å². The molecule has 1 aliphatic rings. The lowest BCUT2D eigenvalue weighted by molar-refractivity contribution is -0.127. The second-order valence-corrected chi connectivity index (χ2v) is 7.04. The molecule has 6 nitrogen and oxygen atoms in total. The van der Waals surface area contributed by atoms with Crippen LogP contribution in [-0.2, 0) is 22.6 Å². The van der Waals surface area contributed by atoms with E-state index in [0.717, 1.165) is 11.1 Å². The Morgan fingerprint density at radius 2 is 1.79 bits per heavy atom. The van der Waals surface area contributed by atoms with Crippen molar-refractivity contribution in [2.75, 3.05) is 6.54 Å². The van der Waals surface area contributed by atoms with Crippen LogP contribution in [0.25, 0.3) is 0 Å². The largest absolute Gasteiger partial charge is 0.352 e. The lowest BCUT2D eigenvalue weighted by Crippen LogP contribution is -2.34. The van der Waals surface area contributed by atoms with Crippen molar-refractivity contribution in [1.29, 1.82) is 0 Å². The molecule has 0 radical (unpaired) electrons. The van der Waals surface area contributed by atoms with Crippen LogP contribution in [0.1, 0.15) is 24.0 Å². The first-order chi connectivity index (χ1) is 13.5. The minimum absolute atomic E-state index is 0.146. The Bertz CT molecular complexity index is 857. The van der Waals surface area contributed by atoms with E-state index >= 15 is 0 Å². The Labute approximate surface area is 168 Å². The molecule has 2 aromatic rings. The fourth-order valence-electron chi connectivity index (χ4n) is 3.07. The van der Waals surface area contributed by atoms with Gasteiger partial charge in [0.1, 0.15) is 6.04 Å². The van der Waals surface area contributed by atoms with Gasteiger partial charge in [0.2, 0.25) is 5.91 Å². The van der Waals surface area contributed by atoms with Crippen molar-refractivity contribution < 1.29 is 14.4 Å². The average molecular weight is 400 g/mol. The van der Waals surface area contributed by atoms with Crippen LogP contribution in [0, 0.1) is 0 Å². The van der Waals surface area contributed by atoms with Crippen LogP contribution in [0.5, 0.6) is 0 Å². The molecule has 1 atom stereocenters. The highest BCUT2D eigenvalue weighted by atomic mass is 35.5. The van der Waals surface area contributed by atoms with E-state index in [4.69, 9.17) is 11.6 Å². The quantitative estimate of drug-likeness (QED) is 0.670. The minimum Gasteiger partial charge on any atom is -0.352 e. The zero-order valence-corrected chi connectivity index (χ0v) is 16.1. The summed E-state index contributed by atoms with van der Waals surface area (Å²) in [5.74, 6) is -0.468. The summed E-state index contributed by atoms with van der Waals surface area (Å²) in [6.07, 6.45) is 1.01. The number of imide groups is 1. The van der Waals surface area contributed by atoms with E-state index in [1.165, 1.54) is 4.90 Å². The van der Waals surface area contributed by atoms with Crippen LogP contribution in [0.15, 0.2) is 54.6 Å². The van der Waals surface area contributed by atoms with Gasteiger partial charge in [0.05, 0.1) is 0 Å². The molecule has 7 heteroatoms. The molecule has 0 aromatic heterocycles. The second-order valence-electron chi connectivity index (χ2n) is 6.63. The summed E-state index contributed by atoms with van der Waals surface area (Å²) in [7, 11) is 0. The molecule has 146 valence electrons. The highest BCUT2D eigenvalue weighted by Gasteiger charge is 2.37. The van der Waals surface area contributed by atoms with Crippen molar-refractivity contribution in [2.45, 2.75) is 31.8 Å². The predicted molar refractivity (Wildman–Crippen MR) is 107 cm³/mol. The highest BCUT2D eigenvalue weighted by Crippen LogP contribution is 2.15. The molecule has 2 N–H and O–H groups in total. The first-order valence-electron chi connectivity index (χ1n) is 9.20. The number of urea groups is 1. The Balaban J connectivity index is 1.44. The van der Waals surface area contributed by atoms with Crippen molar-refractivity contribution in [2.24, 2.45) is 0 Å². The molecule has 0 saturated carbocycles. The third kappa shape index (κ3) is 5.10. The number of benzene rings is 2. The maximum atomic E-state index is 12.5. The lowest BCUT2D eigenvalue weighted by Gasteiger charge is -2.13. The third-order valence-corrected chi connectivity index (χ3v) is 5.04. The maximum absolute atomic E-state index is 12.5.